The first-order chi connectivity index (χ1) is 14.5. The molecular weight excluding hydrogens is 376 g/mol. The lowest BCUT2D eigenvalue weighted by atomic mass is 10.0. The Kier molecular flexibility index (Phi) is 5.11. The largest absolute Gasteiger partial charge is 0.497 e. The van der Waals surface area contributed by atoms with Crippen molar-refractivity contribution in [2.75, 3.05) is 17.3 Å². The standard InChI is InChI=1S/C25H22N2O3/c1-16-12-17(2)14-20(13-16)27-24(28)22(18-8-5-4-6-9-18)23(25(27)29)26-19-10-7-11-21(15-19)30-3/h4-15,26H,1-3H3. The van der Waals surface area contributed by atoms with Crippen molar-refractivity contribution in [1.82, 2.24) is 0 Å². The van der Waals surface area contributed by atoms with Crippen LogP contribution in [0, 0.1) is 13.8 Å². The second-order valence-corrected chi connectivity index (χ2v) is 7.26. The van der Waals surface area contributed by atoms with Crippen molar-refractivity contribution in [3.8, 4) is 5.75 Å². The first-order valence-electron chi connectivity index (χ1n) is 9.66. The molecular formula is C25H22N2O3. The van der Waals surface area contributed by atoms with E-state index in [4.69, 9.17) is 4.74 Å². The fraction of sp³-hybridized carbons (Fsp3) is 0.120. The maximum absolute atomic E-state index is 13.4. The zero-order valence-corrected chi connectivity index (χ0v) is 17.1. The number of benzene rings is 3. The Morgan fingerprint density at radius 2 is 1.50 bits per heavy atom. The van der Waals surface area contributed by atoms with Gasteiger partial charge in [0.15, 0.2) is 0 Å². The summed E-state index contributed by atoms with van der Waals surface area (Å²) in [5.41, 5.74) is 4.50. The zero-order chi connectivity index (χ0) is 21.3. The number of hydrogen-bond donors (Lipinski definition) is 1. The highest BCUT2D eigenvalue weighted by Gasteiger charge is 2.40. The van der Waals surface area contributed by atoms with Gasteiger partial charge >= 0.3 is 0 Å². The van der Waals surface area contributed by atoms with Crippen LogP contribution in [-0.2, 0) is 9.59 Å². The van der Waals surface area contributed by atoms with E-state index in [9.17, 15) is 9.59 Å². The lowest BCUT2D eigenvalue weighted by Gasteiger charge is -2.17. The summed E-state index contributed by atoms with van der Waals surface area (Å²) in [5, 5.41) is 3.16. The molecule has 0 fully saturated rings. The average Bonchev–Trinajstić information content (AvgIpc) is 2.97. The number of methoxy groups -OCH3 is 1. The van der Waals surface area contributed by atoms with Crippen molar-refractivity contribution in [2.45, 2.75) is 13.8 Å². The molecule has 0 atom stereocenters. The maximum atomic E-state index is 13.4. The lowest BCUT2D eigenvalue weighted by Crippen LogP contribution is -2.32. The van der Waals surface area contributed by atoms with E-state index in [0.717, 1.165) is 11.1 Å². The van der Waals surface area contributed by atoms with E-state index in [0.29, 0.717) is 28.3 Å². The number of amides is 2. The number of carbonyl (C=O) groups is 2. The van der Waals surface area contributed by atoms with Crippen LogP contribution in [0.4, 0.5) is 11.4 Å². The Hall–Kier alpha value is -3.86. The van der Waals surface area contributed by atoms with Crippen molar-refractivity contribution < 1.29 is 14.3 Å². The van der Waals surface area contributed by atoms with Crippen molar-refractivity contribution in [3.63, 3.8) is 0 Å². The molecule has 0 unspecified atom stereocenters. The van der Waals surface area contributed by atoms with Crippen LogP contribution < -0.4 is 15.0 Å². The van der Waals surface area contributed by atoms with Gasteiger partial charge in [0.05, 0.1) is 18.4 Å². The van der Waals surface area contributed by atoms with Gasteiger partial charge in [-0.05, 0) is 54.8 Å². The van der Waals surface area contributed by atoms with Gasteiger partial charge in [-0.2, -0.15) is 0 Å². The van der Waals surface area contributed by atoms with Crippen LogP contribution in [0.2, 0.25) is 0 Å². The van der Waals surface area contributed by atoms with Gasteiger partial charge in [-0.1, -0.05) is 42.5 Å². The fourth-order valence-electron chi connectivity index (χ4n) is 3.68. The van der Waals surface area contributed by atoms with Gasteiger partial charge < -0.3 is 10.1 Å². The normalized spacial score (nSPS) is 13.8. The molecule has 2 amide bonds. The lowest BCUT2D eigenvalue weighted by molar-refractivity contribution is -0.120. The van der Waals surface area contributed by atoms with E-state index in [2.05, 4.69) is 5.32 Å². The first-order valence-corrected chi connectivity index (χ1v) is 9.66. The monoisotopic (exact) mass is 398 g/mol. The molecule has 0 spiro atoms. The van der Waals surface area contributed by atoms with Crippen LogP contribution >= 0.6 is 0 Å². The van der Waals surface area contributed by atoms with Crippen molar-refractivity contribution >= 4 is 28.8 Å². The van der Waals surface area contributed by atoms with Gasteiger partial charge in [-0.25, -0.2) is 4.90 Å². The molecule has 0 radical (unpaired) electrons. The number of hydrogen-bond acceptors (Lipinski definition) is 4. The Morgan fingerprint density at radius 3 is 2.17 bits per heavy atom. The van der Waals surface area contributed by atoms with Crippen molar-refractivity contribution in [2.24, 2.45) is 0 Å². The smallest absolute Gasteiger partial charge is 0.282 e. The summed E-state index contributed by atoms with van der Waals surface area (Å²) in [5.74, 6) is -0.0712. The first kappa shape index (κ1) is 19.5. The van der Waals surface area contributed by atoms with Crippen LogP contribution in [0.1, 0.15) is 16.7 Å². The van der Waals surface area contributed by atoms with Gasteiger partial charge in [-0.15, -0.1) is 0 Å². The molecule has 0 aliphatic carbocycles. The van der Waals surface area contributed by atoms with Crippen LogP contribution in [0.25, 0.3) is 5.57 Å². The van der Waals surface area contributed by atoms with Gasteiger partial charge in [0, 0.05) is 11.8 Å². The number of carbonyl (C=O) groups excluding carboxylic acids is 2. The van der Waals surface area contributed by atoms with E-state index in [1.807, 2.05) is 80.6 Å². The van der Waals surface area contributed by atoms with Crippen LogP contribution in [-0.4, -0.2) is 18.9 Å². The molecule has 30 heavy (non-hydrogen) atoms. The molecule has 0 saturated heterocycles. The van der Waals surface area contributed by atoms with Gasteiger partial charge in [0.1, 0.15) is 11.4 Å². The molecule has 5 heteroatoms. The van der Waals surface area contributed by atoms with Crippen molar-refractivity contribution in [3.05, 3.63) is 95.2 Å². The third kappa shape index (κ3) is 3.57. The van der Waals surface area contributed by atoms with E-state index in [-0.39, 0.29) is 17.5 Å². The molecule has 3 aromatic carbocycles. The third-order valence-corrected chi connectivity index (χ3v) is 4.95. The minimum Gasteiger partial charge on any atom is -0.497 e. The van der Waals surface area contributed by atoms with E-state index >= 15 is 0 Å². The number of rotatable bonds is 5. The predicted molar refractivity (Wildman–Crippen MR) is 118 cm³/mol. The van der Waals surface area contributed by atoms with Crippen LogP contribution in [0.15, 0.2) is 78.5 Å². The molecule has 0 saturated carbocycles. The number of nitrogens with one attached hydrogen (secondary N) is 1. The predicted octanol–water partition coefficient (Wildman–Crippen LogP) is 4.71. The molecule has 1 aliphatic rings. The minimum atomic E-state index is -0.383. The molecule has 1 heterocycles. The van der Waals surface area contributed by atoms with E-state index in [1.54, 1.807) is 13.2 Å². The number of aryl methyl sites for hydroxylation is 2. The second-order valence-electron chi connectivity index (χ2n) is 7.26. The van der Waals surface area contributed by atoms with E-state index in [1.165, 1.54) is 4.90 Å². The highest BCUT2D eigenvalue weighted by Crippen LogP contribution is 2.34. The second kappa shape index (κ2) is 7.87. The van der Waals surface area contributed by atoms with Gasteiger partial charge in [0.25, 0.3) is 11.8 Å². The number of nitrogens with zero attached hydrogens (tertiary/aromatic N) is 1. The molecule has 4 rings (SSSR count). The number of ether oxygens (including phenoxy) is 1. The highest BCUT2D eigenvalue weighted by molar-refractivity contribution is 6.46. The highest BCUT2D eigenvalue weighted by atomic mass is 16.5. The summed E-state index contributed by atoms with van der Waals surface area (Å²) >= 11 is 0. The average molecular weight is 398 g/mol. The van der Waals surface area contributed by atoms with E-state index < -0.39 is 0 Å². The fourth-order valence-corrected chi connectivity index (χ4v) is 3.68. The summed E-state index contributed by atoms with van der Waals surface area (Å²) in [4.78, 5) is 28.1. The summed E-state index contributed by atoms with van der Waals surface area (Å²) in [6.45, 7) is 3.89. The quantitative estimate of drug-likeness (QED) is 0.633. The number of imide groups is 1. The summed E-state index contributed by atoms with van der Waals surface area (Å²) < 4.78 is 5.28. The van der Waals surface area contributed by atoms with Crippen LogP contribution in [0.5, 0.6) is 5.75 Å². The van der Waals surface area contributed by atoms with Gasteiger partial charge in [0.2, 0.25) is 0 Å². The van der Waals surface area contributed by atoms with Gasteiger partial charge in [-0.3, -0.25) is 9.59 Å². The summed E-state index contributed by atoms with van der Waals surface area (Å²) in [6, 6.07) is 22.2. The minimum absolute atomic E-state index is 0.249. The van der Waals surface area contributed by atoms with Crippen LogP contribution in [0.3, 0.4) is 0 Å². The SMILES string of the molecule is COc1cccc(NC2=C(c3ccccc3)C(=O)N(c3cc(C)cc(C)c3)C2=O)c1. The molecule has 3 aromatic rings. The Labute approximate surface area is 175 Å². The topological polar surface area (TPSA) is 58.6 Å². The Morgan fingerprint density at radius 1 is 0.800 bits per heavy atom. The summed E-state index contributed by atoms with van der Waals surface area (Å²) in [6.07, 6.45) is 0. The zero-order valence-electron chi connectivity index (χ0n) is 17.1. The molecule has 1 N–H and O–H groups in total. The molecule has 0 aromatic heterocycles. The summed E-state index contributed by atoms with van der Waals surface area (Å²) in [7, 11) is 1.58. The Balaban J connectivity index is 1.82. The number of anilines is 2. The molecule has 150 valence electrons. The molecule has 1 aliphatic heterocycles. The van der Waals surface area contributed by atoms with Crippen molar-refractivity contribution in [1.29, 1.82) is 0 Å². The molecule has 0 bridgehead atoms. The Bertz CT molecular complexity index is 1150. The third-order valence-electron chi connectivity index (χ3n) is 4.95. The molecule has 5 nitrogen and oxygen atoms in total. The maximum Gasteiger partial charge on any atom is 0.282 e.